The lowest BCUT2D eigenvalue weighted by Gasteiger charge is -2.18. The van der Waals surface area contributed by atoms with Crippen LogP contribution in [-0.2, 0) is 4.79 Å². The second-order valence-corrected chi connectivity index (χ2v) is 5.65. The molecule has 0 saturated heterocycles. The van der Waals surface area contributed by atoms with Crippen LogP contribution in [0.15, 0.2) is 30.3 Å². The molecule has 3 aromatic rings. The van der Waals surface area contributed by atoms with E-state index in [0.717, 1.165) is 0 Å². The molecule has 0 saturated carbocycles. The van der Waals surface area contributed by atoms with Gasteiger partial charge >= 0.3 is 0 Å². The Hall–Kier alpha value is -3.43. The molecular weight excluding hydrogens is 350 g/mol. The highest BCUT2D eigenvalue weighted by Crippen LogP contribution is 2.30. The van der Waals surface area contributed by atoms with E-state index >= 15 is 0 Å². The zero-order valence-corrected chi connectivity index (χ0v) is 15.4. The largest absolute Gasteiger partial charge is 0.490 e. The van der Waals surface area contributed by atoms with Crippen molar-refractivity contribution >= 4 is 23.1 Å². The van der Waals surface area contributed by atoms with Crippen molar-refractivity contribution in [3.05, 3.63) is 30.3 Å². The number of ether oxygens (including phenoxy) is 2. The second-order valence-electron chi connectivity index (χ2n) is 5.65. The zero-order chi connectivity index (χ0) is 19.2. The summed E-state index contributed by atoms with van der Waals surface area (Å²) in [5.74, 6) is 1.62. The van der Waals surface area contributed by atoms with Crippen molar-refractivity contribution in [2.75, 3.05) is 37.0 Å². The molecule has 0 aliphatic carbocycles. The first-order valence-corrected chi connectivity index (χ1v) is 8.56. The summed E-state index contributed by atoms with van der Waals surface area (Å²) in [5.41, 5.74) is 1.17. The zero-order valence-electron chi connectivity index (χ0n) is 15.4. The van der Waals surface area contributed by atoms with E-state index in [4.69, 9.17) is 9.47 Å². The van der Waals surface area contributed by atoms with Crippen LogP contribution in [0.5, 0.6) is 11.5 Å². The molecule has 0 fully saturated rings. The van der Waals surface area contributed by atoms with Crippen molar-refractivity contribution in [3.63, 3.8) is 0 Å². The maximum absolute atomic E-state index is 12.4. The quantitative estimate of drug-likeness (QED) is 0.633. The number of aromatic nitrogens is 5. The fourth-order valence-corrected chi connectivity index (χ4v) is 2.47. The molecule has 3 rings (SSSR count). The summed E-state index contributed by atoms with van der Waals surface area (Å²) >= 11 is 0. The number of benzene rings is 1. The summed E-state index contributed by atoms with van der Waals surface area (Å²) in [5, 5.41) is 18.2. The van der Waals surface area contributed by atoms with E-state index in [2.05, 4.69) is 25.9 Å². The van der Waals surface area contributed by atoms with Crippen molar-refractivity contribution in [1.82, 2.24) is 25.3 Å². The van der Waals surface area contributed by atoms with Gasteiger partial charge in [-0.3, -0.25) is 4.79 Å². The summed E-state index contributed by atoms with van der Waals surface area (Å²) in [7, 11) is 1.77. The molecular formula is C17H21N7O3. The highest BCUT2D eigenvalue weighted by molar-refractivity contribution is 5.94. The van der Waals surface area contributed by atoms with Gasteiger partial charge in [0, 0.05) is 18.8 Å². The van der Waals surface area contributed by atoms with E-state index < -0.39 is 0 Å². The average Bonchev–Trinajstić information content (AvgIpc) is 3.12. The SMILES string of the molecule is CCOc1ccc(NC(=O)CN(C)c2ccc3nnnn3n2)cc1OCC. The smallest absolute Gasteiger partial charge is 0.243 e. The molecule has 10 heteroatoms. The average molecular weight is 371 g/mol. The first kappa shape index (κ1) is 18.4. The van der Waals surface area contributed by atoms with Gasteiger partial charge in [-0.15, -0.1) is 14.8 Å². The van der Waals surface area contributed by atoms with Gasteiger partial charge in [-0.1, -0.05) is 0 Å². The fraction of sp³-hybridized carbons (Fsp3) is 0.353. The van der Waals surface area contributed by atoms with Gasteiger partial charge in [-0.2, -0.15) is 0 Å². The summed E-state index contributed by atoms with van der Waals surface area (Å²) in [6, 6.07) is 8.79. The third kappa shape index (κ3) is 4.40. The van der Waals surface area contributed by atoms with E-state index in [1.54, 1.807) is 42.3 Å². The van der Waals surface area contributed by atoms with Crippen molar-refractivity contribution in [2.45, 2.75) is 13.8 Å². The molecule has 1 amide bonds. The van der Waals surface area contributed by atoms with Crippen molar-refractivity contribution in [3.8, 4) is 11.5 Å². The Morgan fingerprint density at radius 1 is 1.15 bits per heavy atom. The molecule has 1 aromatic carbocycles. The molecule has 0 aliphatic heterocycles. The molecule has 27 heavy (non-hydrogen) atoms. The van der Waals surface area contributed by atoms with Gasteiger partial charge in [-0.25, -0.2) is 0 Å². The van der Waals surface area contributed by atoms with Crippen molar-refractivity contribution < 1.29 is 14.3 Å². The predicted molar refractivity (Wildman–Crippen MR) is 99.3 cm³/mol. The van der Waals surface area contributed by atoms with Crippen LogP contribution in [0.3, 0.4) is 0 Å². The van der Waals surface area contributed by atoms with Crippen LogP contribution >= 0.6 is 0 Å². The maximum Gasteiger partial charge on any atom is 0.243 e. The van der Waals surface area contributed by atoms with Crippen LogP contribution < -0.4 is 19.7 Å². The lowest BCUT2D eigenvalue weighted by molar-refractivity contribution is -0.114. The first-order valence-electron chi connectivity index (χ1n) is 8.56. The van der Waals surface area contributed by atoms with Gasteiger partial charge in [0.05, 0.1) is 19.8 Å². The minimum Gasteiger partial charge on any atom is -0.490 e. The lowest BCUT2D eigenvalue weighted by Crippen LogP contribution is -2.31. The number of fused-ring (bicyclic) bond motifs is 1. The molecule has 142 valence electrons. The number of tetrazole rings is 1. The van der Waals surface area contributed by atoms with Crippen LogP contribution in [-0.4, -0.2) is 58.0 Å². The van der Waals surface area contributed by atoms with Gasteiger partial charge in [0.2, 0.25) is 5.91 Å². The molecule has 2 heterocycles. The monoisotopic (exact) mass is 371 g/mol. The Balaban J connectivity index is 1.66. The van der Waals surface area contributed by atoms with E-state index in [-0.39, 0.29) is 12.5 Å². The summed E-state index contributed by atoms with van der Waals surface area (Å²) in [6.45, 7) is 4.95. The highest BCUT2D eigenvalue weighted by Gasteiger charge is 2.12. The normalized spacial score (nSPS) is 10.6. The van der Waals surface area contributed by atoms with Crippen LogP contribution in [0.4, 0.5) is 11.5 Å². The third-order valence-electron chi connectivity index (χ3n) is 3.65. The minimum atomic E-state index is -0.192. The molecule has 0 unspecified atom stereocenters. The standard InChI is InChI=1S/C17H21N7O3/c1-4-26-13-7-6-12(10-14(13)27-5-2)18-17(25)11-23(3)16-9-8-15-19-21-22-24(15)20-16/h6-10H,4-5,11H2,1-3H3,(H,18,25). The Morgan fingerprint density at radius 3 is 2.70 bits per heavy atom. The number of hydrogen-bond acceptors (Lipinski definition) is 8. The number of nitrogens with zero attached hydrogens (tertiary/aromatic N) is 6. The van der Waals surface area contributed by atoms with Crippen molar-refractivity contribution in [1.29, 1.82) is 0 Å². The van der Waals surface area contributed by atoms with E-state index in [9.17, 15) is 4.79 Å². The fourth-order valence-electron chi connectivity index (χ4n) is 2.47. The number of hydrogen-bond donors (Lipinski definition) is 1. The second kappa shape index (κ2) is 8.30. The van der Waals surface area contributed by atoms with Crippen LogP contribution in [0, 0.1) is 0 Å². The van der Waals surface area contributed by atoms with Crippen LogP contribution in [0.25, 0.3) is 5.65 Å². The third-order valence-corrected chi connectivity index (χ3v) is 3.65. The van der Waals surface area contributed by atoms with Gasteiger partial charge in [0.25, 0.3) is 0 Å². The molecule has 2 aromatic heterocycles. The summed E-state index contributed by atoms with van der Waals surface area (Å²) in [6.07, 6.45) is 0. The van der Waals surface area contributed by atoms with Gasteiger partial charge < -0.3 is 19.7 Å². The van der Waals surface area contributed by atoms with Crippen LogP contribution in [0.2, 0.25) is 0 Å². The molecule has 0 aliphatic rings. The Kier molecular flexibility index (Phi) is 5.64. The van der Waals surface area contributed by atoms with E-state index in [1.165, 1.54) is 4.63 Å². The highest BCUT2D eigenvalue weighted by atomic mass is 16.5. The lowest BCUT2D eigenvalue weighted by atomic mass is 10.2. The van der Waals surface area contributed by atoms with E-state index in [0.29, 0.717) is 41.9 Å². The van der Waals surface area contributed by atoms with Gasteiger partial charge in [0.15, 0.2) is 23.0 Å². The molecule has 10 nitrogen and oxygen atoms in total. The van der Waals surface area contributed by atoms with E-state index in [1.807, 2.05) is 13.8 Å². The number of nitrogens with one attached hydrogen (secondary N) is 1. The molecule has 0 spiro atoms. The Labute approximate surface area is 156 Å². The summed E-state index contributed by atoms with van der Waals surface area (Å²) in [4.78, 5) is 14.1. The first-order chi connectivity index (χ1) is 13.1. The Morgan fingerprint density at radius 2 is 1.93 bits per heavy atom. The summed E-state index contributed by atoms with van der Waals surface area (Å²) < 4.78 is 12.4. The predicted octanol–water partition coefficient (Wildman–Crippen LogP) is 1.39. The molecule has 0 atom stereocenters. The molecule has 0 bridgehead atoms. The molecule has 0 radical (unpaired) electrons. The van der Waals surface area contributed by atoms with Crippen LogP contribution in [0.1, 0.15) is 13.8 Å². The van der Waals surface area contributed by atoms with Crippen molar-refractivity contribution in [2.24, 2.45) is 0 Å². The van der Waals surface area contributed by atoms with Gasteiger partial charge in [-0.05, 0) is 48.5 Å². The number of carbonyl (C=O) groups is 1. The number of anilines is 2. The maximum atomic E-state index is 12.4. The Bertz CT molecular complexity index is 928. The molecule has 1 N–H and O–H groups in total. The number of likely N-dealkylation sites (N-methyl/N-ethyl adjacent to an activating group) is 1. The van der Waals surface area contributed by atoms with Gasteiger partial charge in [0.1, 0.15) is 0 Å². The number of amides is 1. The number of carbonyl (C=O) groups excluding carboxylic acids is 1. The number of rotatable bonds is 8. The minimum absolute atomic E-state index is 0.109. The topological polar surface area (TPSA) is 107 Å².